The Morgan fingerprint density at radius 2 is 2.25 bits per heavy atom. The Kier molecular flexibility index (Phi) is 1.50. The number of H-pyrrole nitrogens is 1. The number of ether oxygens (including phenoxy) is 1. The van der Waals surface area contributed by atoms with Crippen LogP contribution in [-0.2, 0) is 0 Å². The topological polar surface area (TPSA) is 37.9 Å². The molecule has 0 unspecified atom stereocenters. The zero-order chi connectivity index (χ0) is 8.55. The van der Waals surface area contributed by atoms with Gasteiger partial charge in [-0.15, -0.1) is 0 Å². The Bertz CT molecular complexity index is 406. The van der Waals surface area contributed by atoms with E-state index in [-0.39, 0.29) is 0 Å². The second kappa shape index (κ2) is 2.52. The highest BCUT2D eigenvalue weighted by Crippen LogP contribution is 2.23. The number of nitrogens with one attached hydrogen (secondary N) is 1. The van der Waals surface area contributed by atoms with Gasteiger partial charge in [-0.2, -0.15) is 0 Å². The summed E-state index contributed by atoms with van der Waals surface area (Å²) in [5.74, 6) is 0.884. The van der Waals surface area contributed by atoms with Crippen molar-refractivity contribution in [2.75, 3.05) is 7.11 Å². The molecular weight excluding hydrogens is 152 g/mol. The summed E-state index contributed by atoms with van der Waals surface area (Å²) in [5, 5.41) is 0. The molecule has 0 aliphatic rings. The third-order valence-corrected chi connectivity index (χ3v) is 2.01. The van der Waals surface area contributed by atoms with E-state index in [9.17, 15) is 0 Å². The highest BCUT2D eigenvalue weighted by Gasteiger charge is 2.04. The van der Waals surface area contributed by atoms with E-state index in [1.54, 1.807) is 13.4 Å². The second-order valence-corrected chi connectivity index (χ2v) is 2.69. The summed E-state index contributed by atoms with van der Waals surface area (Å²) < 4.78 is 5.17. The van der Waals surface area contributed by atoms with E-state index in [4.69, 9.17) is 4.74 Å². The molecular formula is C9H10N2O. The Morgan fingerprint density at radius 1 is 1.42 bits per heavy atom. The molecule has 0 radical (unpaired) electrons. The van der Waals surface area contributed by atoms with Gasteiger partial charge in [0.05, 0.1) is 24.5 Å². The first-order valence-electron chi connectivity index (χ1n) is 3.79. The van der Waals surface area contributed by atoms with Crippen LogP contribution in [0.3, 0.4) is 0 Å². The lowest BCUT2D eigenvalue weighted by molar-refractivity contribution is 0.412. The van der Waals surface area contributed by atoms with Gasteiger partial charge in [0.1, 0.15) is 5.75 Å². The van der Waals surface area contributed by atoms with Crippen LogP contribution in [0.15, 0.2) is 18.5 Å². The van der Waals surface area contributed by atoms with Crippen molar-refractivity contribution in [3.8, 4) is 5.75 Å². The molecule has 0 aliphatic heterocycles. The number of benzene rings is 1. The fourth-order valence-electron chi connectivity index (χ4n) is 1.35. The van der Waals surface area contributed by atoms with Crippen molar-refractivity contribution in [2.45, 2.75) is 6.92 Å². The minimum absolute atomic E-state index is 0.884. The van der Waals surface area contributed by atoms with Crippen LogP contribution in [0.5, 0.6) is 5.75 Å². The van der Waals surface area contributed by atoms with Gasteiger partial charge < -0.3 is 9.72 Å². The van der Waals surface area contributed by atoms with E-state index in [2.05, 4.69) is 9.97 Å². The highest BCUT2D eigenvalue weighted by atomic mass is 16.5. The smallest absolute Gasteiger partial charge is 0.124 e. The minimum atomic E-state index is 0.884. The van der Waals surface area contributed by atoms with Gasteiger partial charge in [-0.3, -0.25) is 0 Å². The fourth-order valence-corrected chi connectivity index (χ4v) is 1.35. The molecule has 2 aromatic rings. The number of imidazole rings is 1. The molecule has 0 amide bonds. The SMILES string of the molecule is COc1ccc2[nH]cnc2c1C. The Hall–Kier alpha value is -1.51. The van der Waals surface area contributed by atoms with Gasteiger partial charge >= 0.3 is 0 Å². The molecule has 3 nitrogen and oxygen atoms in total. The molecule has 1 aromatic heterocycles. The lowest BCUT2D eigenvalue weighted by atomic mass is 10.2. The van der Waals surface area contributed by atoms with Crippen molar-refractivity contribution in [2.24, 2.45) is 0 Å². The summed E-state index contributed by atoms with van der Waals surface area (Å²) in [4.78, 5) is 7.24. The van der Waals surface area contributed by atoms with E-state index in [1.165, 1.54) is 0 Å². The van der Waals surface area contributed by atoms with Crippen LogP contribution in [0.2, 0.25) is 0 Å². The molecule has 0 saturated heterocycles. The first kappa shape index (κ1) is 7.16. The standard InChI is InChI=1S/C9H10N2O/c1-6-8(12-2)4-3-7-9(6)11-5-10-7/h3-5H,1-2H3,(H,10,11). The van der Waals surface area contributed by atoms with Crippen molar-refractivity contribution in [1.29, 1.82) is 0 Å². The van der Waals surface area contributed by atoms with E-state index in [0.29, 0.717) is 0 Å². The molecule has 0 saturated carbocycles. The number of nitrogens with zero attached hydrogens (tertiary/aromatic N) is 1. The van der Waals surface area contributed by atoms with Crippen molar-refractivity contribution >= 4 is 11.0 Å². The average molecular weight is 162 g/mol. The van der Waals surface area contributed by atoms with Crippen LogP contribution in [0, 0.1) is 6.92 Å². The van der Waals surface area contributed by atoms with Crippen molar-refractivity contribution in [3.05, 3.63) is 24.0 Å². The second-order valence-electron chi connectivity index (χ2n) is 2.69. The molecule has 0 aliphatic carbocycles. The molecule has 0 spiro atoms. The molecule has 3 heteroatoms. The molecule has 1 N–H and O–H groups in total. The number of rotatable bonds is 1. The third-order valence-electron chi connectivity index (χ3n) is 2.01. The van der Waals surface area contributed by atoms with Crippen LogP contribution >= 0.6 is 0 Å². The molecule has 0 atom stereocenters. The van der Waals surface area contributed by atoms with Gasteiger partial charge in [0, 0.05) is 5.56 Å². The highest BCUT2D eigenvalue weighted by molar-refractivity contribution is 5.80. The molecule has 12 heavy (non-hydrogen) atoms. The van der Waals surface area contributed by atoms with Gasteiger partial charge in [0.2, 0.25) is 0 Å². The van der Waals surface area contributed by atoms with Crippen LogP contribution in [-0.4, -0.2) is 17.1 Å². The number of fused-ring (bicyclic) bond motifs is 1. The molecule has 62 valence electrons. The van der Waals surface area contributed by atoms with Crippen LogP contribution in [0.1, 0.15) is 5.56 Å². The van der Waals surface area contributed by atoms with Crippen molar-refractivity contribution in [3.63, 3.8) is 0 Å². The molecule has 0 bridgehead atoms. The lowest BCUT2D eigenvalue weighted by Crippen LogP contribution is -1.87. The van der Waals surface area contributed by atoms with E-state index in [1.807, 2.05) is 19.1 Å². The normalized spacial score (nSPS) is 10.5. The van der Waals surface area contributed by atoms with Gasteiger partial charge in [-0.25, -0.2) is 4.98 Å². The number of aromatic nitrogens is 2. The first-order valence-corrected chi connectivity index (χ1v) is 3.79. The number of aromatic amines is 1. The minimum Gasteiger partial charge on any atom is -0.496 e. The molecule has 0 fully saturated rings. The summed E-state index contributed by atoms with van der Waals surface area (Å²) in [6.45, 7) is 2.00. The average Bonchev–Trinajstić information content (AvgIpc) is 2.53. The van der Waals surface area contributed by atoms with Gasteiger partial charge in [-0.05, 0) is 19.1 Å². The Morgan fingerprint density at radius 3 is 3.00 bits per heavy atom. The summed E-state index contributed by atoms with van der Waals surface area (Å²) in [7, 11) is 1.67. The number of hydrogen-bond acceptors (Lipinski definition) is 2. The van der Waals surface area contributed by atoms with Gasteiger partial charge in [-0.1, -0.05) is 0 Å². The summed E-state index contributed by atoms with van der Waals surface area (Å²) in [5.41, 5.74) is 3.11. The van der Waals surface area contributed by atoms with Gasteiger partial charge in [0.15, 0.2) is 0 Å². The lowest BCUT2D eigenvalue weighted by Gasteiger charge is -2.03. The number of aryl methyl sites for hydroxylation is 1. The van der Waals surface area contributed by atoms with E-state index in [0.717, 1.165) is 22.3 Å². The molecule has 1 aromatic carbocycles. The van der Waals surface area contributed by atoms with E-state index >= 15 is 0 Å². The largest absolute Gasteiger partial charge is 0.496 e. The Balaban J connectivity index is 2.78. The van der Waals surface area contributed by atoms with Crippen LogP contribution in [0.25, 0.3) is 11.0 Å². The molecule has 1 heterocycles. The van der Waals surface area contributed by atoms with Crippen LogP contribution in [0.4, 0.5) is 0 Å². The zero-order valence-electron chi connectivity index (χ0n) is 7.09. The zero-order valence-corrected chi connectivity index (χ0v) is 7.09. The maximum Gasteiger partial charge on any atom is 0.124 e. The van der Waals surface area contributed by atoms with Crippen molar-refractivity contribution < 1.29 is 4.74 Å². The number of hydrogen-bond donors (Lipinski definition) is 1. The third kappa shape index (κ3) is 0.863. The van der Waals surface area contributed by atoms with Gasteiger partial charge in [0.25, 0.3) is 0 Å². The molecule has 2 rings (SSSR count). The predicted octanol–water partition coefficient (Wildman–Crippen LogP) is 1.88. The monoisotopic (exact) mass is 162 g/mol. The Labute approximate surface area is 70.4 Å². The van der Waals surface area contributed by atoms with Crippen molar-refractivity contribution in [1.82, 2.24) is 9.97 Å². The quantitative estimate of drug-likeness (QED) is 0.695. The maximum atomic E-state index is 5.17. The first-order chi connectivity index (χ1) is 5.83. The van der Waals surface area contributed by atoms with E-state index < -0.39 is 0 Å². The number of methoxy groups -OCH3 is 1. The van der Waals surface area contributed by atoms with Crippen LogP contribution < -0.4 is 4.74 Å². The fraction of sp³-hybridized carbons (Fsp3) is 0.222. The predicted molar refractivity (Wildman–Crippen MR) is 47.4 cm³/mol. The maximum absolute atomic E-state index is 5.17. The summed E-state index contributed by atoms with van der Waals surface area (Å²) in [6.07, 6.45) is 1.69. The summed E-state index contributed by atoms with van der Waals surface area (Å²) in [6, 6.07) is 3.91. The summed E-state index contributed by atoms with van der Waals surface area (Å²) >= 11 is 0.